The molecular weight excluding hydrogens is 114 g/mol. The van der Waals surface area contributed by atoms with Gasteiger partial charge in [0, 0.05) is 10.6 Å². The summed E-state index contributed by atoms with van der Waals surface area (Å²) < 4.78 is 0. The van der Waals surface area contributed by atoms with Crippen molar-refractivity contribution in [2.45, 2.75) is 26.2 Å². The second-order valence-corrected chi connectivity index (χ2v) is 1.86. The summed E-state index contributed by atoms with van der Waals surface area (Å²) in [5.74, 6) is 0. The number of azide groups is 1. The van der Waals surface area contributed by atoms with Crippen LogP contribution in [0.2, 0.25) is 0 Å². The van der Waals surface area contributed by atoms with Crippen LogP contribution in [0.25, 0.3) is 10.4 Å². The van der Waals surface area contributed by atoms with E-state index in [0.717, 1.165) is 19.3 Å². The molecule has 0 aliphatic carbocycles. The molecule has 0 heterocycles. The van der Waals surface area contributed by atoms with Crippen LogP contribution in [0, 0.1) is 0 Å². The standard InChI is InChI=1S/C6H11N3/c1-3-4-5-6(2)8-9-7/h2-5H2,1H3. The van der Waals surface area contributed by atoms with Crippen molar-refractivity contribution in [2.24, 2.45) is 5.11 Å². The first-order valence-corrected chi connectivity index (χ1v) is 3.04. The maximum absolute atomic E-state index is 7.93. The number of allylic oxidation sites excluding steroid dienone is 1. The number of hydrogen-bond donors (Lipinski definition) is 0. The highest BCUT2D eigenvalue weighted by Crippen LogP contribution is 2.05. The monoisotopic (exact) mass is 125 g/mol. The molecule has 0 N–H and O–H groups in total. The Labute approximate surface area is 55.0 Å². The van der Waals surface area contributed by atoms with E-state index in [-0.39, 0.29) is 0 Å². The Morgan fingerprint density at radius 2 is 2.44 bits per heavy atom. The molecule has 0 spiro atoms. The van der Waals surface area contributed by atoms with Gasteiger partial charge in [0.05, 0.1) is 0 Å². The maximum atomic E-state index is 7.93. The van der Waals surface area contributed by atoms with Crippen molar-refractivity contribution in [1.82, 2.24) is 0 Å². The molecule has 9 heavy (non-hydrogen) atoms. The molecular formula is C6H11N3. The van der Waals surface area contributed by atoms with E-state index >= 15 is 0 Å². The summed E-state index contributed by atoms with van der Waals surface area (Å²) in [6.45, 7) is 5.65. The predicted octanol–water partition coefficient (Wildman–Crippen LogP) is 3.00. The van der Waals surface area contributed by atoms with Gasteiger partial charge in [-0.15, -0.1) is 0 Å². The van der Waals surface area contributed by atoms with Crippen LogP contribution in [0.5, 0.6) is 0 Å². The van der Waals surface area contributed by atoms with E-state index in [1.54, 1.807) is 0 Å². The number of unbranched alkanes of at least 4 members (excludes halogenated alkanes) is 1. The Hall–Kier alpha value is -0.950. The minimum atomic E-state index is 0.638. The second-order valence-electron chi connectivity index (χ2n) is 1.86. The molecule has 0 fully saturated rings. The Morgan fingerprint density at radius 3 is 2.89 bits per heavy atom. The number of rotatable bonds is 4. The third-order valence-electron chi connectivity index (χ3n) is 1.01. The van der Waals surface area contributed by atoms with E-state index < -0.39 is 0 Å². The Balaban J connectivity index is 3.39. The minimum absolute atomic E-state index is 0.638. The zero-order valence-electron chi connectivity index (χ0n) is 5.67. The molecule has 0 amide bonds. The van der Waals surface area contributed by atoms with Gasteiger partial charge >= 0.3 is 0 Å². The third kappa shape index (κ3) is 4.91. The van der Waals surface area contributed by atoms with Crippen LogP contribution in [-0.2, 0) is 0 Å². The average Bonchev–Trinajstić information content (AvgIpc) is 1.85. The fraction of sp³-hybridized carbons (Fsp3) is 0.667. The summed E-state index contributed by atoms with van der Waals surface area (Å²) in [6, 6.07) is 0. The van der Waals surface area contributed by atoms with Gasteiger partial charge in [0.15, 0.2) is 0 Å². The van der Waals surface area contributed by atoms with Crippen LogP contribution in [-0.4, -0.2) is 0 Å². The molecule has 0 saturated carbocycles. The van der Waals surface area contributed by atoms with E-state index in [0.29, 0.717) is 5.70 Å². The van der Waals surface area contributed by atoms with Crippen LogP contribution < -0.4 is 0 Å². The van der Waals surface area contributed by atoms with Crippen LogP contribution in [0.1, 0.15) is 26.2 Å². The van der Waals surface area contributed by atoms with Gasteiger partial charge in [-0.05, 0) is 18.4 Å². The molecule has 0 bridgehead atoms. The Morgan fingerprint density at radius 1 is 1.78 bits per heavy atom. The average molecular weight is 125 g/mol. The molecule has 3 heteroatoms. The van der Waals surface area contributed by atoms with E-state index in [2.05, 4.69) is 23.5 Å². The first-order chi connectivity index (χ1) is 4.31. The highest BCUT2D eigenvalue weighted by Gasteiger charge is 1.86. The molecule has 0 atom stereocenters. The lowest BCUT2D eigenvalue weighted by Crippen LogP contribution is -1.73. The van der Waals surface area contributed by atoms with Gasteiger partial charge in [-0.25, -0.2) is 0 Å². The fourth-order valence-electron chi connectivity index (χ4n) is 0.494. The maximum Gasteiger partial charge on any atom is 0.00787 e. The van der Waals surface area contributed by atoms with Crippen molar-refractivity contribution in [3.8, 4) is 0 Å². The van der Waals surface area contributed by atoms with Gasteiger partial charge in [0.25, 0.3) is 0 Å². The van der Waals surface area contributed by atoms with Gasteiger partial charge in [0.1, 0.15) is 0 Å². The molecule has 0 aliphatic heterocycles. The van der Waals surface area contributed by atoms with E-state index in [1.807, 2.05) is 0 Å². The lowest BCUT2D eigenvalue weighted by Gasteiger charge is -1.92. The zero-order chi connectivity index (χ0) is 7.11. The molecule has 0 aromatic carbocycles. The fourth-order valence-corrected chi connectivity index (χ4v) is 0.494. The van der Waals surface area contributed by atoms with Crippen molar-refractivity contribution in [3.05, 3.63) is 22.7 Å². The van der Waals surface area contributed by atoms with Gasteiger partial charge < -0.3 is 0 Å². The quantitative estimate of drug-likeness (QED) is 0.315. The van der Waals surface area contributed by atoms with Gasteiger partial charge in [0.2, 0.25) is 0 Å². The molecule has 0 unspecified atom stereocenters. The number of hydrogen-bond acceptors (Lipinski definition) is 1. The molecule has 0 saturated heterocycles. The van der Waals surface area contributed by atoms with E-state index in [1.165, 1.54) is 0 Å². The minimum Gasteiger partial charge on any atom is -0.0936 e. The molecule has 0 aliphatic rings. The van der Waals surface area contributed by atoms with Crippen LogP contribution in [0.4, 0.5) is 0 Å². The topological polar surface area (TPSA) is 48.8 Å². The Bertz CT molecular complexity index is 133. The molecule has 0 rings (SSSR count). The summed E-state index contributed by atoms with van der Waals surface area (Å²) in [6.07, 6.45) is 2.98. The van der Waals surface area contributed by atoms with Crippen molar-refractivity contribution in [1.29, 1.82) is 0 Å². The third-order valence-corrected chi connectivity index (χ3v) is 1.01. The van der Waals surface area contributed by atoms with Gasteiger partial charge in [-0.2, -0.15) is 0 Å². The summed E-state index contributed by atoms with van der Waals surface area (Å²) in [4.78, 5) is 2.61. The largest absolute Gasteiger partial charge is 0.0936 e. The second kappa shape index (κ2) is 5.19. The molecule has 50 valence electrons. The van der Waals surface area contributed by atoms with Crippen LogP contribution in [0.3, 0.4) is 0 Å². The highest BCUT2D eigenvalue weighted by molar-refractivity contribution is 4.90. The lowest BCUT2D eigenvalue weighted by molar-refractivity contribution is 0.782. The highest BCUT2D eigenvalue weighted by atomic mass is 15.1. The Kier molecular flexibility index (Phi) is 4.64. The predicted molar refractivity (Wildman–Crippen MR) is 37.8 cm³/mol. The first kappa shape index (κ1) is 8.05. The number of nitrogens with zero attached hydrogens (tertiary/aromatic N) is 3. The smallest absolute Gasteiger partial charge is 0.00787 e. The van der Waals surface area contributed by atoms with Crippen LogP contribution >= 0.6 is 0 Å². The van der Waals surface area contributed by atoms with E-state index in [4.69, 9.17) is 5.53 Å². The summed E-state index contributed by atoms with van der Waals surface area (Å²) in [5, 5.41) is 3.35. The van der Waals surface area contributed by atoms with Gasteiger partial charge in [-0.3, -0.25) is 0 Å². The van der Waals surface area contributed by atoms with Gasteiger partial charge in [-0.1, -0.05) is 25.0 Å². The molecule has 0 radical (unpaired) electrons. The summed E-state index contributed by atoms with van der Waals surface area (Å²) >= 11 is 0. The van der Waals surface area contributed by atoms with E-state index in [9.17, 15) is 0 Å². The van der Waals surface area contributed by atoms with Crippen molar-refractivity contribution in [2.75, 3.05) is 0 Å². The molecule has 0 aromatic heterocycles. The van der Waals surface area contributed by atoms with Crippen molar-refractivity contribution in [3.63, 3.8) is 0 Å². The van der Waals surface area contributed by atoms with Crippen LogP contribution in [0.15, 0.2) is 17.4 Å². The zero-order valence-corrected chi connectivity index (χ0v) is 5.67. The first-order valence-electron chi connectivity index (χ1n) is 3.04. The van der Waals surface area contributed by atoms with Crippen molar-refractivity contribution < 1.29 is 0 Å². The normalized spacial score (nSPS) is 8.11. The summed E-state index contributed by atoms with van der Waals surface area (Å²) in [5.41, 5.74) is 8.57. The molecule has 0 aromatic rings. The van der Waals surface area contributed by atoms with Crippen molar-refractivity contribution >= 4 is 0 Å². The summed E-state index contributed by atoms with van der Waals surface area (Å²) in [7, 11) is 0. The lowest BCUT2D eigenvalue weighted by atomic mass is 10.2. The molecule has 3 nitrogen and oxygen atoms in total. The SMILES string of the molecule is C=C(CCCC)N=[N+]=[N-].